The topological polar surface area (TPSA) is 67.9 Å². The molecule has 1 aliphatic heterocycles. The second-order valence-electron chi connectivity index (χ2n) is 5.76. The number of hydrogen-bond donors (Lipinski definition) is 1. The molecule has 1 fully saturated rings. The van der Waals surface area contributed by atoms with Gasteiger partial charge in [-0.25, -0.2) is 8.42 Å². The summed E-state index contributed by atoms with van der Waals surface area (Å²) in [5, 5.41) is 3.15. The second kappa shape index (κ2) is 7.99. The molecule has 1 saturated heterocycles. The number of methoxy groups -OCH3 is 2. The van der Waals surface area contributed by atoms with E-state index in [0.29, 0.717) is 30.5 Å². The molecule has 0 atom stereocenters. The summed E-state index contributed by atoms with van der Waals surface area (Å²) in [4.78, 5) is 0.254. The third kappa shape index (κ3) is 4.16. The number of ether oxygens (including phenoxy) is 2. The average molecular weight is 342 g/mol. The van der Waals surface area contributed by atoms with Gasteiger partial charge in [0.1, 0.15) is 0 Å². The van der Waals surface area contributed by atoms with Gasteiger partial charge < -0.3 is 14.8 Å². The number of sulfonamides is 1. The quantitative estimate of drug-likeness (QED) is 0.817. The van der Waals surface area contributed by atoms with Crippen LogP contribution in [-0.2, 0) is 10.0 Å². The number of hydrogen-bond acceptors (Lipinski definition) is 5. The van der Waals surface area contributed by atoms with Crippen molar-refractivity contribution in [3.8, 4) is 11.5 Å². The first kappa shape index (κ1) is 18.0. The highest BCUT2D eigenvalue weighted by Gasteiger charge is 2.29. The lowest BCUT2D eigenvalue weighted by atomic mass is 9.95. The zero-order valence-corrected chi connectivity index (χ0v) is 14.9. The van der Waals surface area contributed by atoms with E-state index in [4.69, 9.17) is 9.47 Å². The summed E-state index contributed by atoms with van der Waals surface area (Å²) in [5.74, 6) is 1.55. The van der Waals surface area contributed by atoms with Crippen LogP contribution in [0.3, 0.4) is 0 Å². The van der Waals surface area contributed by atoms with Gasteiger partial charge in [0, 0.05) is 19.2 Å². The molecule has 0 unspecified atom stereocenters. The Morgan fingerprint density at radius 2 is 1.83 bits per heavy atom. The fraction of sp³-hybridized carbons (Fsp3) is 0.625. The Bertz CT molecular complexity index is 611. The first-order chi connectivity index (χ1) is 11.0. The zero-order valence-electron chi connectivity index (χ0n) is 14.0. The van der Waals surface area contributed by atoms with Crippen LogP contribution >= 0.6 is 0 Å². The smallest absolute Gasteiger partial charge is 0.243 e. The Kier molecular flexibility index (Phi) is 6.26. The summed E-state index contributed by atoms with van der Waals surface area (Å²) < 4.78 is 37.5. The summed E-state index contributed by atoms with van der Waals surface area (Å²) in [7, 11) is 1.49. The summed E-state index contributed by atoms with van der Waals surface area (Å²) in [6, 6.07) is 4.73. The number of benzene rings is 1. The van der Waals surface area contributed by atoms with Crippen molar-refractivity contribution in [2.24, 2.45) is 5.92 Å². The van der Waals surface area contributed by atoms with E-state index in [1.54, 1.807) is 16.4 Å². The minimum atomic E-state index is -3.48. The van der Waals surface area contributed by atoms with E-state index >= 15 is 0 Å². The monoisotopic (exact) mass is 342 g/mol. The maximum atomic E-state index is 12.8. The molecule has 1 aliphatic rings. The molecular weight excluding hydrogens is 316 g/mol. The molecule has 1 heterocycles. The average Bonchev–Trinajstić information content (AvgIpc) is 2.59. The van der Waals surface area contributed by atoms with Crippen molar-refractivity contribution in [2.75, 3.05) is 40.9 Å². The molecule has 0 bridgehead atoms. The molecule has 2 rings (SSSR count). The largest absolute Gasteiger partial charge is 0.493 e. The first-order valence-electron chi connectivity index (χ1n) is 7.89. The predicted molar refractivity (Wildman–Crippen MR) is 89.6 cm³/mol. The molecule has 0 radical (unpaired) electrons. The molecule has 0 amide bonds. The standard InChI is InChI=1S/C16H26N2O4S/c1-17-9-6-13-7-10-18(11-8-13)23(19,20)14-4-5-15(21-2)16(12-14)22-3/h4-5,12-13,17H,6-11H2,1-3H3. The molecule has 1 N–H and O–H groups in total. The van der Waals surface area contributed by atoms with Gasteiger partial charge in [-0.05, 0) is 50.9 Å². The Hall–Kier alpha value is -1.31. The van der Waals surface area contributed by atoms with Crippen LogP contribution in [-0.4, -0.2) is 53.6 Å². The van der Waals surface area contributed by atoms with Gasteiger partial charge in [0.05, 0.1) is 19.1 Å². The molecule has 130 valence electrons. The fourth-order valence-corrected chi connectivity index (χ4v) is 4.40. The zero-order chi connectivity index (χ0) is 16.9. The summed E-state index contributed by atoms with van der Waals surface area (Å²) in [6.07, 6.45) is 2.92. The molecule has 0 spiro atoms. The van der Waals surface area contributed by atoms with Crippen molar-refractivity contribution in [1.82, 2.24) is 9.62 Å². The van der Waals surface area contributed by atoms with Crippen molar-refractivity contribution < 1.29 is 17.9 Å². The van der Waals surface area contributed by atoms with E-state index in [9.17, 15) is 8.42 Å². The molecular formula is C16H26N2O4S. The second-order valence-corrected chi connectivity index (χ2v) is 7.69. The van der Waals surface area contributed by atoms with E-state index in [-0.39, 0.29) is 4.90 Å². The SMILES string of the molecule is CNCCC1CCN(S(=O)(=O)c2ccc(OC)c(OC)c2)CC1. The lowest BCUT2D eigenvalue weighted by Gasteiger charge is -2.31. The van der Waals surface area contributed by atoms with Crippen molar-refractivity contribution in [3.05, 3.63) is 18.2 Å². The van der Waals surface area contributed by atoms with E-state index in [0.717, 1.165) is 25.8 Å². The van der Waals surface area contributed by atoms with Gasteiger partial charge in [0.2, 0.25) is 10.0 Å². The van der Waals surface area contributed by atoms with Crippen molar-refractivity contribution in [2.45, 2.75) is 24.2 Å². The molecule has 1 aromatic carbocycles. The Morgan fingerprint density at radius 3 is 2.39 bits per heavy atom. The van der Waals surface area contributed by atoms with E-state index in [2.05, 4.69) is 5.32 Å². The van der Waals surface area contributed by atoms with Crippen LogP contribution in [0.4, 0.5) is 0 Å². The molecule has 0 aromatic heterocycles. The number of nitrogens with one attached hydrogen (secondary N) is 1. The van der Waals surface area contributed by atoms with Crippen molar-refractivity contribution in [3.63, 3.8) is 0 Å². The summed E-state index contributed by atoms with van der Waals surface area (Å²) in [5.41, 5.74) is 0. The van der Waals surface area contributed by atoms with Gasteiger partial charge in [0.15, 0.2) is 11.5 Å². The van der Waals surface area contributed by atoms with E-state index in [1.807, 2.05) is 7.05 Å². The van der Waals surface area contributed by atoms with Gasteiger partial charge in [-0.1, -0.05) is 0 Å². The van der Waals surface area contributed by atoms with Gasteiger partial charge in [-0.15, -0.1) is 0 Å². The van der Waals surface area contributed by atoms with Crippen molar-refractivity contribution >= 4 is 10.0 Å². The predicted octanol–water partition coefficient (Wildman–Crippen LogP) is 1.71. The number of nitrogens with zero attached hydrogens (tertiary/aromatic N) is 1. The summed E-state index contributed by atoms with van der Waals surface area (Å²) in [6.45, 7) is 2.13. The van der Waals surface area contributed by atoms with E-state index < -0.39 is 10.0 Å². The van der Waals surface area contributed by atoms with Crippen LogP contribution in [0.25, 0.3) is 0 Å². The fourth-order valence-electron chi connectivity index (χ4n) is 2.91. The Balaban J connectivity index is 2.10. The minimum Gasteiger partial charge on any atom is -0.493 e. The molecule has 0 aliphatic carbocycles. The molecule has 0 saturated carbocycles. The third-order valence-electron chi connectivity index (χ3n) is 4.37. The third-order valence-corrected chi connectivity index (χ3v) is 6.26. The lowest BCUT2D eigenvalue weighted by Crippen LogP contribution is -2.38. The normalized spacial score (nSPS) is 17.2. The molecule has 1 aromatic rings. The van der Waals surface area contributed by atoms with Crippen LogP contribution in [0.15, 0.2) is 23.1 Å². The Morgan fingerprint density at radius 1 is 1.17 bits per heavy atom. The number of rotatable bonds is 7. The van der Waals surface area contributed by atoms with Crippen LogP contribution in [0.1, 0.15) is 19.3 Å². The van der Waals surface area contributed by atoms with Crippen LogP contribution < -0.4 is 14.8 Å². The van der Waals surface area contributed by atoms with Crippen LogP contribution in [0, 0.1) is 5.92 Å². The van der Waals surface area contributed by atoms with E-state index in [1.165, 1.54) is 20.3 Å². The maximum Gasteiger partial charge on any atom is 0.243 e. The van der Waals surface area contributed by atoms with Gasteiger partial charge >= 0.3 is 0 Å². The highest BCUT2D eigenvalue weighted by molar-refractivity contribution is 7.89. The van der Waals surface area contributed by atoms with Crippen LogP contribution in [0.5, 0.6) is 11.5 Å². The summed E-state index contributed by atoms with van der Waals surface area (Å²) >= 11 is 0. The maximum absolute atomic E-state index is 12.8. The van der Waals surface area contributed by atoms with Gasteiger partial charge in [-0.2, -0.15) is 4.31 Å². The van der Waals surface area contributed by atoms with Gasteiger partial charge in [-0.3, -0.25) is 0 Å². The number of piperidine rings is 1. The Labute approximate surface area is 138 Å². The lowest BCUT2D eigenvalue weighted by molar-refractivity contribution is 0.263. The molecule has 6 nitrogen and oxygen atoms in total. The highest BCUT2D eigenvalue weighted by atomic mass is 32.2. The minimum absolute atomic E-state index is 0.254. The van der Waals surface area contributed by atoms with Gasteiger partial charge in [0.25, 0.3) is 0 Å². The first-order valence-corrected chi connectivity index (χ1v) is 9.33. The highest BCUT2D eigenvalue weighted by Crippen LogP contribution is 2.32. The molecule has 7 heteroatoms. The van der Waals surface area contributed by atoms with Crippen molar-refractivity contribution in [1.29, 1.82) is 0 Å². The molecule has 23 heavy (non-hydrogen) atoms. The van der Waals surface area contributed by atoms with Crippen LogP contribution in [0.2, 0.25) is 0 Å².